The summed E-state index contributed by atoms with van der Waals surface area (Å²) in [4.78, 5) is 25.2. The summed E-state index contributed by atoms with van der Waals surface area (Å²) in [5.74, 6) is -0.985. The second-order valence-corrected chi connectivity index (χ2v) is 7.05. The molecule has 0 unspecified atom stereocenters. The Bertz CT molecular complexity index is 1170. The minimum Gasteiger partial charge on any atom is -0.495 e. The van der Waals surface area contributed by atoms with Gasteiger partial charge in [-0.1, -0.05) is 12.1 Å². The molecular weight excluding hydrogens is 360 g/mol. The molecule has 0 saturated carbocycles. The molecule has 0 aliphatic carbocycles. The van der Waals surface area contributed by atoms with E-state index in [1.165, 1.54) is 31.4 Å². The summed E-state index contributed by atoms with van der Waals surface area (Å²) < 4.78 is 32.9. The molecule has 0 bridgehead atoms. The number of hydrogen-bond acceptors (Lipinski definition) is 5. The van der Waals surface area contributed by atoms with Gasteiger partial charge in [0.15, 0.2) is 0 Å². The summed E-state index contributed by atoms with van der Waals surface area (Å²) in [7, 11) is -2.59. The van der Waals surface area contributed by atoms with Gasteiger partial charge in [-0.15, -0.1) is 0 Å². The number of nitrogens with one attached hydrogen (secondary N) is 2. The number of carboxylic acid groups (broad SMARTS) is 1. The smallest absolute Gasteiger partial charge is 0.336 e. The average Bonchev–Trinajstić information content (AvgIpc) is 2.60. The Hall–Kier alpha value is -3.33. The minimum absolute atomic E-state index is 0.111. The SMILES string of the molecule is COc1ccccc1NS(=O)(=O)c1ccc2[nH]c(=O)cc(C(=O)O)c2c1. The highest BCUT2D eigenvalue weighted by molar-refractivity contribution is 7.92. The maximum Gasteiger partial charge on any atom is 0.336 e. The van der Waals surface area contributed by atoms with Gasteiger partial charge in [-0.05, 0) is 30.3 Å². The lowest BCUT2D eigenvalue weighted by Crippen LogP contribution is -2.15. The highest BCUT2D eigenvalue weighted by Crippen LogP contribution is 2.27. The Kier molecular flexibility index (Phi) is 4.39. The van der Waals surface area contributed by atoms with Crippen LogP contribution in [0.5, 0.6) is 5.75 Å². The van der Waals surface area contributed by atoms with E-state index in [9.17, 15) is 23.1 Å². The van der Waals surface area contributed by atoms with E-state index in [2.05, 4.69) is 9.71 Å². The molecule has 0 atom stereocenters. The number of sulfonamides is 1. The summed E-state index contributed by atoms with van der Waals surface area (Å²) in [6, 6.07) is 11.2. The van der Waals surface area contributed by atoms with Gasteiger partial charge in [0.05, 0.1) is 23.3 Å². The molecule has 0 radical (unpaired) electrons. The number of benzene rings is 2. The highest BCUT2D eigenvalue weighted by atomic mass is 32.2. The average molecular weight is 374 g/mol. The van der Waals surface area contributed by atoms with Crippen LogP contribution in [0.3, 0.4) is 0 Å². The Balaban J connectivity index is 2.12. The molecule has 2 aromatic carbocycles. The van der Waals surface area contributed by atoms with E-state index >= 15 is 0 Å². The Morgan fingerprint density at radius 3 is 2.58 bits per heavy atom. The van der Waals surface area contributed by atoms with Gasteiger partial charge < -0.3 is 14.8 Å². The standard InChI is InChI=1S/C17H14N2O6S/c1-25-15-5-3-2-4-14(15)19-26(23,24)10-6-7-13-11(8-10)12(17(21)22)9-16(20)18-13/h2-9,19H,1H3,(H,18,20)(H,21,22). The van der Waals surface area contributed by atoms with Crippen LogP contribution in [0.2, 0.25) is 0 Å². The molecule has 3 rings (SSSR count). The van der Waals surface area contributed by atoms with Crippen molar-refractivity contribution in [3.05, 3.63) is 64.4 Å². The van der Waals surface area contributed by atoms with Gasteiger partial charge in [-0.2, -0.15) is 0 Å². The molecule has 134 valence electrons. The van der Waals surface area contributed by atoms with E-state index in [1.54, 1.807) is 18.2 Å². The summed E-state index contributed by atoms with van der Waals surface area (Å²) in [6.07, 6.45) is 0. The molecule has 0 aliphatic rings. The maximum atomic E-state index is 12.7. The first-order chi connectivity index (χ1) is 12.3. The van der Waals surface area contributed by atoms with E-state index in [0.29, 0.717) is 5.75 Å². The fourth-order valence-electron chi connectivity index (χ4n) is 2.51. The fourth-order valence-corrected chi connectivity index (χ4v) is 3.61. The summed E-state index contributed by atoms with van der Waals surface area (Å²) in [5, 5.41) is 9.38. The Morgan fingerprint density at radius 1 is 1.15 bits per heavy atom. The second kappa shape index (κ2) is 6.52. The first-order valence-corrected chi connectivity index (χ1v) is 8.86. The molecule has 0 spiro atoms. The van der Waals surface area contributed by atoms with Crippen molar-refractivity contribution in [1.82, 2.24) is 4.98 Å². The van der Waals surface area contributed by atoms with Crippen molar-refractivity contribution in [2.24, 2.45) is 0 Å². The number of ether oxygens (including phenoxy) is 1. The molecule has 9 heteroatoms. The Labute approximate surface area is 148 Å². The lowest BCUT2D eigenvalue weighted by Gasteiger charge is -2.12. The zero-order valence-corrected chi connectivity index (χ0v) is 14.3. The third-order valence-corrected chi connectivity index (χ3v) is 5.07. The van der Waals surface area contributed by atoms with E-state index < -0.39 is 21.6 Å². The van der Waals surface area contributed by atoms with Crippen LogP contribution in [0.15, 0.2) is 58.2 Å². The van der Waals surface area contributed by atoms with E-state index in [4.69, 9.17) is 4.74 Å². The molecule has 3 aromatic rings. The van der Waals surface area contributed by atoms with Gasteiger partial charge >= 0.3 is 5.97 Å². The number of para-hydroxylation sites is 2. The molecule has 26 heavy (non-hydrogen) atoms. The van der Waals surface area contributed by atoms with Gasteiger partial charge in [-0.3, -0.25) is 9.52 Å². The van der Waals surface area contributed by atoms with Crippen molar-refractivity contribution in [2.45, 2.75) is 4.90 Å². The number of anilines is 1. The van der Waals surface area contributed by atoms with E-state index in [-0.39, 0.29) is 27.0 Å². The summed E-state index contributed by atoms with van der Waals surface area (Å²) >= 11 is 0. The van der Waals surface area contributed by atoms with Crippen molar-refractivity contribution in [1.29, 1.82) is 0 Å². The number of methoxy groups -OCH3 is 1. The molecule has 1 aromatic heterocycles. The lowest BCUT2D eigenvalue weighted by atomic mass is 10.1. The van der Waals surface area contributed by atoms with Crippen LogP contribution in [-0.2, 0) is 10.0 Å². The zero-order chi connectivity index (χ0) is 18.9. The molecule has 0 fully saturated rings. The molecule has 8 nitrogen and oxygen atoms in total. The molecule has 1 heterocycles. The molecule has 0 aliphatic heterocycles. The number of rotatable bonds is 5. The van der Waals surface area contributed by atoms with Gasteiger partial charge in [0.1, 0.15) is 5.75 Å². The number of carboxylic acids is 1. The highest BCUT2D eigenvalue weighted by Gasteiger charge is 2.19. The van der Waals surface area contributed by atoms with Gasteiger partial charge in [0.2, 0.25) is 5.56 Å². The zero-order valence-electron chi connectivity index (χ0n) is 13.5. The number of pyridine rings is 1. The minimum atomic E-state index is -4.00. The topological polar surface area (TPSA) is 126 Å². The molecule has 0 amide bonds. The van der Waals surface area contributed by atoms with Crippen LogP contribution in [0.1, 0.15) is 10.4 Å². The molecule has 0 saturated heterocycles. The first kappa shape index (κ1) is 17.5. The van der Waals surface area contributed by atoms with Gasteiger partial charge in [0, 0.05) is 17.0 Å². The van der Waals surface area contributed by atoms with Crippen LogP contribution in [0.4, 0.5) is 5.69 Å². The van der Waals surface area contributed by atoms with Crippen LogP contribution in [0.25, 0.3) is 10.9 Å². The van der Waals surface area contributed by atoms with Crippen LogP contribution >= 0.6 is 0 Å². The number of aromatic carboxylic acids is 1. The fraction of sp³-hybridized carbons (Fsp3) is 0.0588. The van der Waals surface area contributed by atoms with Gasteiger partial charge in [0.25, 0.3) is 10.0 Å². The number of H-pyrrole nitrogens is 1. The maximum absolute atomic E-state index is 12.7. The van der Waals surface area contributed by atoms with Gasteiger partial charge in [-0.25, -0.2) is 13.2 Å². The molecular formula is C17H14N2O6S. The number of aromatic amines is 1. The predicted octanol–water partition coefficient (Wildman–Crippen LogP) is 2.04. The van der Waals surface area contributed by atoms with E-state index in [1.807, 2.05) is 0 Å². The number of hydrogen-bond donors (Lipinski definition) is 3. The van der Waals surface area contributed by atoms with Crippen LogP contribution < -0.4 is 15.0 Å². The van der Waals surface area contributed by atoms with E-state index in [0.717, 1.165) is 6.07 Å². The van der Waals surface area contributed by atoms with Crippen molar-refractivity contribution >= 4 is 32.6 Å². The van der Waals surface area contributed by atoms with Crippen molar-refractivity contribution in [3.63, 3.8) is 0 Å². The van der Waals surface area contributed by atoms with Crippen LogP contribution in [0, 0.1) is 0 Å². The molecule has 3 N–H and O–H groups in total. The third kappa shape index (κ3) is 3.24. The van der Waals surface area contributed by atoms with Crippen molar-refractivity contribution < 1.29 is 23.1 Å². The second-order valence-electron chi connectivity index (χ2n) is 5.37. The number of aromatic nitrogens is 1. The lowest BCUT2D eigenvalue weighted by molar-refractivity contribution is 0.0698. The third-order valence-electron chi connectivity index (χ3n) is 3.71. The monoisotopic (exact) mass is 374 g/mol. The van der Waals surface area contributed by atoms with Crippen molar-refractivity contribution in [2.75, 3.05) is 11.8 Å². The normalized spacial score (nSPS) is 11.3. The first-order valence-electron chi connectivity index (χ1n) is 7.38. The Morgan fingerprint density at radius 2 is 1.88 bits per heavy atom. The number of fused-ring (bicyclic) bond motifs is 1. The number of carbonyl (C=O) groups is 1. The largest absolute Gasteiger partial charge is 0.495 e. The van der Waals surface area contributed by atoms with Crippen LogP contribution in [-0.4, -0.2) is 31.6 Å². The summed E-state index contributed by atoms with van der Waals surface area (Å²) in [5.41, 5.74) is -0.392. The summed E-state index contributed by atoms with van der Waals surface area (Å²) in [6.45, 7) is 0. The quantitative estimate of drug-likeness (QED) is 0.627. The predicted molar refractivity (Wildman–Crippen MR) is 95.3 cm³/mol. The van der Waals surface area contributed by atoms with Crippen molar-refractivity contribution in [3.8, 4) is 5.75 Å².